The number of allylic oxidation sites excluding steroid dienone is 1. The molecule has 1 aromatic heterocycles. The highest BCUT2D eigenvalue weighted by Gasteiger charge is 2.38. The van der Waals surface area contributed by atoms with Crippen molar-refractivity contribution in [2.45, 2.75) is 11.8 Å². The van der Waals surface area contributed by atoms with E-state index in [1.54, 1.807) is 0 Å². The Morgan fingerprint density at radius 3 is 2.24 bits per heavy atom. The van der Waals surface area contributed by atoms with Crippen molar-refractivity contribution in [2.75, 3.05) is 7.11 Å². The molecule has 0 amide bonds. The van der Waals surface area contributed by atoms with Gasteiger partial charge >= 0.3 is 5.97 Å². The van der Waals surface area contributed by atoms with Crippen molar-refractivity contribution in [2.24, 2.45) is 0 Å². The van der Waals surface area contributed by atoms with Crippen LogP contribution in [0.15, 0.2) is 97.1 Å². The molecule has 2 atom stereocenters. The molecule has 2 heterocycles. The van der Waals surface area contributed by atoms with Crippen molar-refractivity contribution >= 4 is 22.6 Å². The second kappa shape index (κ2) is 7.10. The number of carbonyl (C=O) groups is 1. The normalized spacial score (nSPS) is 18.2. The molecule has 5 rings (SSSR count). The number of carbonyl (C=O) groups excluding carboxylic acids is 1. The fraction of sp³-hybridized carbons (Fsp3) is 0.115. The van der Waals surface area contributed by atoms with Gasteiger partial charge in [-0.25, -0.2) is 0 Å². The number of fused-ring (bicyclic) bond motifs is 3. The minimum Gasteiger partial charge on any atom is -0.468 e. The number of hydrogen-bond acceptors (Lipinski definition) is 2. The molecule has 142 valence electrons. The molecule has 3 heteroatoms. The number of nitrogens with zero attached hydrogens (tertiary/aromatic N) is 1. The van der Waals surface area contributed by atoms with Crippen LogP contribution in [0.2, 0.25) is 0 Å². The summed E-state index contributed by atoms with van der Waals surface area (Å²) >= 11 is 0. The van der Waals surface area contributed by atoms with Crippen LogP contribution in [-0.4, -0.2) is 17.6 Å². The van der Waals surface area contributed by atoms with Gasteiger partial charge in [0.1, 0.15) is 5.92 Å². The summed E-state index contributed by atoms with van der Waals surface area (Å²) in [5, 5.41) is 1.12. The van der Waals surface area contributed by atoms with Gasteiger partial charge in [0.05, 0.1) is 12.6 Å². The molecule has 3 nitrogen and oxygen atoms in total. The molecule has 4 aromatic rings. The first kappa shape index (κ1) is 17.5. The van der Waals surface area contributed by atoms with Gasteiger partial charge in [-0.15, -0.1) is 0 Å². The number of ether oxygens (including phenoxy) is 1. The molecule has 0 saturated carbocycles. The maximum absolute atomic E-state index is 13.0. The lowest BCUT2D eigenvalue weighted by Gasteiger charge is -2.31. The Hall–Kier alpha value is -3.59. The second-order valence-corrected chi connectivity index (χ2v) is 7.32. The Labute approximate surface area is 169 Å². The summed E-state index contributed by atoms with van der Waals surface area (Å²) < 4.78 is 7.47. The lowest BCUT2D eigenvalue weighted by atomic mass is 9.80. The van der Waals surface area contributed by atoms with E-state index in [1.165, 1.54) is 7.11 Å². The van der Waals surface area contributed by atoms with Crippen LogP contribution in [0.1, 0.15) is 28.7 Å². The van der Waals surface area contributed by atoms with E-state index in [1.807, 2.05) is 48.5 Å². The van der Waals surface area contributed by atoms with Crippen molar-refractivity contribution in [1.82, 2.24) is 4.57 Å². The lowest BCUT2D eigenvalue weighted by molar-refractivity contribution is -0.142. The predicted molar refractivity (Wildman–Crippen MR) is 116 cm³/mol. The summed E-state index contributed by atoms with van der Waals surface area (Å²) in [7, 11) is 1.47. The molecule has 0 N–H and O–H groups in total. The van der Waals surface area contributed by atoms with Crippen LogP contribution < -0.4 is 0 Å². The molecule has 1 aliphatic heterocycles. The molecule has 0 spiro atoms. The van der Waals surface area contributed by atoms with Crippen LogP contribution >= 0.6 is 0 Å². The van der Waals surface area contributed by atoms with Gasteiger partial charge in [0.2, 0.25) is 0 Å². The highest BCUT2D eigenvalue weighted by atomic mass is 16.5. The first-order chi connectivity index (χ1) is 14.3. The highest BCUT2D eigenvalue weighted by molar-refractivity contribution is 5.92. The number of aromatic nitrogens is 1. The molecule has 3 aromatic carbocycles. The number of methoxy groups -OCH3 is 1. The molecule has 0 saturated heterocycles. The van der Waals surface area contributed by atoms with Crippen molar-refractivity contribution in [3.05, 3.63) is 114 Å². The molecule has 0 radical (unpaired) electrons. The van der Waals surface area contributed by atoms with Gasteiger partial charge in [0.15, 0.2) is 0 Å². The van der Waals surface area contributed by atoms with Crippen LogP contribution in [0.5, 0.6) is 0 Å². The zero-order valence-corrected chi connectivity index (χ0v) is 16.2. The Morgan fingerprint density at radius 1 is 0.862 bits per heavy atom. The maximum Gasteiger partial charge on any atom is 0.315 e. The Kier molecular flexibility index (Phi) is 4.28. The summed E-state index contributed by atoms with van der Waals surface area (Å²) in [5.74, 6) is -0.718. The average Bonchev–Trinajstić information content (AvgIpc) is 3.18. The van der Waals surface area contributed by atoms with E-state index in [0.717, 1.165) is 33.4 Å². The number of hydrogen-bond donors (Lipinski definition) is 0. The van der Waals surface area contributed by atoms with Crippen molar-refractivity contribution in [3.8, 4) is 0 Å². The van der Waals surface area contributed by atoms with Crippen LogP contribution in [-0.2, 0) is 9.53 Å². The minimum absolute atomic E-state index is 0.101. The Morgan fingerprint density at radius 2 is 1.52 bits per heavy atom. The number of benzene rings is 3. The molecule has 29 heavy (non-hydrogen) atoms. The minimum atomic E-state index is -0.401. The van der Waals surface area contributed by atoms with Gasteiger partial charge in [-0.2, -0.15) is 0 Å². The first-order valence-electron chi connectivity index (χ1n) is 9.78. The van der Waals surface area contributed by atoms with Gasteiger partial charge in [0.25, 0.3) is 0 Å². The van der Waals surface area contributed by atoms with Crippen LogP contribution in [0.4, 0.5) is 0 Å². The quantitative estimate of drug-likeness (QED) is 0.435. The number of rotatable bonds is 3. The van der Waals surface area contributed by atoms with Crippen LogP contribution in [0, 0.1) is 0 Å². The van der Waals surface area contributed by atoms with E-state index < -0.39 is 5.92 Å². The molecule has 0 aliphatic carbocycles. The van der Waals surface area contributed by atoms with E-state index in [2.05, 4.69) is 53.1 Å². The third-order valence-corrected chi connectivity index (χ3v) is 5.70. The summed E-state index contributed by atoms with van der Waals surface area (Å²) in [6.45, 7) is 0. The van der Waals surface area contributed by atoms with Crippen LogP contribution in [0.3, 0.4) is 0 Å². The standard InChI is InChI=1S/C26H21NO2/c1-29-26(28)25-21(18-10-4-2-5-11-18)17-23(19-12-6-3-7-13-19)27-22-15-9-8-14-20(22)16-24(25)27/h2-17,21,25H,1H3/t21-,25-/m0/s1. The van der Waals surface area contributed by atoms with E-state index in [0.29, 0.717) is 0 Å². The third-order valence-electron chi connectivity index (χ3n) is 5.70. The highest BCUT2D eigenvalue weighted by Crippen LogP contribution is 2.45. The fourth-order valence-electron chi connectivity index (χ4n) is 4.39. The lowest BCUT2D eigenvalue weighted by Crippen LogP contribution is -2.27. The molecular formula is C26H21NO2. The van der Waals surface area contributed by atoms with Gasteiger partial charge in [-0.3, -0.25) is 4.79 Å². The topological polar surface area (TPSA) is 31.2 Å². The molecule has 0 unspecified atom stereocenters. The van der Waals surface area contributed by atoms with Gasteiger partial charge in [-0.1, -0.05) is 84.9 Å². The number of para-hydroxylation sites is 1. The van der Waals surface area contributed by atoms with Gasteiger partial charge in [-0.05, 0) is 23.3 Å². The van der Waals surface area contributed by atoms with Gasteiger partial charge < -0.3 is 9.30 Å². The predicted octanol–water partition coefficient (Wildman–Crippen LogP) is 5.58. The monoisotopic (exact) mass is 379 g/mol. The Balaban J connectivity index is 1.83. The molecule has 0 fully saturated rings. The van der Waals surface area contributed by atoms with E-state index in [-0.39, 0.29) is 11.9 Å². The average molecular weight is 379 g/mol. The van der Waals surface area contributed by atoms with Crippen molar-refractivity contribution in [3.63, 3.8) is 0 Å². The van der Waals surface area contributed by atoms with Crippen molar-refractivity contribution in [1.29, 1.82) is 0 Å². The summed E-state index contributed by atoms with van der Waals surface area (Å²) in [6, 6.07) is 30.9. The van der Waals surface area contributed by atoms with Gasteiger partial charge in [0, 0.05) is 22.7 Å². The first-order valence-corrected chi connectivity index (χ1v) is 9.78. The molecule has 0 bridgehead atoms. The maximum atomic E-state index is 13.0. The number of esters is 1. The zero-order valence-electron chi connectivity index (χ0n) is 16.2. The summed E-state index contributed by atoms with van der Waals surface area (Å²) in [5.41, 5.74) is 5.38. The Bertz CT molecular complexity index is 1210. The van der Waals surface area contributed by atoms with Crippen LogP contribution in [0.25, 0.3) is 16.6 Å². The molecular weight excluding hydrogens is 358 g/mol. The smallest absolute Gasteiger partial charge is 0.315 e. The van der Waals surface area contributed by atoms with E-state index in [9.17, 15) is 4.79 Å². The largest absolute Gasteiger partial charge is 0.468 e. The van der Waals surface area contributed by atoms with E-state index >= 15 is 0 Å². The summed E-state index contributed by atoms with van der Waals surface area (Å²) in [6.07, 6.45) is 2.21. The molecule has 1 aliphatic rings. The zero-order chi connectivity index (χ0) is 19.8. The SMILES string of the molecule is COC(=O)[C@@H]1c2cc3ccccc3n2C(c2ccccc2)=C[C@H]1c1ccccc1. The van der Waals surface area contributed by atoms with Crippen molar-refractivity contribution < 1.29 is 9.53 Å². The summed E-state index contributed by atoms with van der Waals surface area (Å²) in [4.78, 5) is 13.0. The third kappa shape index (κ3) is 2.87. The van der Waals surface area contributed by atoms with E-state index in [4.69, 9.17) is 4.74 Å². The second-order valence-electron chi connectivity index (χ2n) is 7.32. The fourth-order valence-corrected chi connectivity index (χ4v) is 4.39.